The molecule has 0 saturated carbocycles. The fraction of sp³-hybridized carbons (Fsp3) is 0.833. The van der Waals surface area contributed by atoms with Crippen molar-refractivity contribution in [3.05, 3.63) is 0 Å². The molecule has 2 nitrogen and oxygen atoms in total. The van der Waals surface area contributed by atoms with E-state index >= 15 is 0 Å². The van der Waals surface area contributed by atoms with Gasteiger partial charge in [0.2, 0.25) is 0 Å². The Morgan fingerprint density at radius 1 is 1.80 bits per heavy atom. The van der Waals surface area contributed by atoms with E-state index in [4.69, 9.17) is 5.11 Å². The maximum Gasteiger partial charge on any atom is 0.321 e. The summed E-state index contributed by atoms with van der Waals surface area (Å²) in [5.74, 6) is -0.837. The molecular formula is C6H10Br2O2. The number of hydrogen-bond acceptors (Lipinski definition) is 1. The highest BCUT2D eigenvalue weighted by atomic mass is 79.9. The molecular weight excluding hydrogens is 264 g/mol. The van der Waals surface area contributed by atoms with Crippen LogP contribution in [0.15, 0.2) is 0 Å². The van der Waals surface area contributed by atoms with Crippen LogP contribution in [-0.2, 0) is 4.79 Å². The Morgan fingerprint density at radius 2 is 2.20 bits per heavy atom. The number of hydrogen-bond donors (Lipinski definition) is 1. The van der Waals surface area contributed by atoms with E-state index in [0.29, 0.717) is 0 Å². The molecule has 0 amide bonds. The number of rotatable bonds is 3. The summed E-state index contributed by atoms with van der Waals surface area (Å²) in [5, 5.41) is 8.67. The van der Waals surface area contributed by atoms with Gasteiger partial charge < -0.3 is 5.11 Å². The molecule has 0 aliphatic carbocycles. The number of carbonyl (C=O) groups is 1. The molecule has 10 heavy (non-hydrogen) atoms. The summed E-state index contributed by atoms with van der Waals surface area (Å²) in [6, 6.07) is 0. The lowest BCUT2D eigenvalue weighted by Crippen LogP contribution is -2.36. The van der Waals surface area contributed by atoms with Gasteiger partial charge in [0.25, 0.3) is 0 Å². The molecule has 0 aliphatic rings. The van der Waals surface area contributed by atoms with Crippen LogP contribution in [0.1, 0.15) is 20.3 Å². The van der Waals surface area contributed by atoms with Crippen LogP contribution in [0, 0.1) is 0 Å². The van der Waals surface area contributed by atoms with Crippen molar-refractivity contribution in [3.8, 4) is 0 Å². The lowest BCUT2D eigenvalue weighted by atomic mass is 10.1. The van der Waals surface area contributed by atoms with Crippen molar-refractivity contribution in [2.75, 3.05) is 0 Å². The SMILES string of the molecule is CC[C@@H](Br)[C@](C)(Br)C(=O)O. The van der Waals surface area contributed by atoms with Crippen molar-refractivity contribution in [2.45, 2.75) is 29.4 Å². The number of aliphatic carboxylic acids is 1. The predicted octanol–water partition coefficient (Wildman–Crippen LogP) is 2.40. The highest BCUT2D eigenvalue weighted by Gasteiger charge is 2.36. The molecule has 0 rings (SSSR count). The molecule has 2 atom stereocenters. The van der Waals surface area contributed by atoms with Crippen LogP contribution in [0.4, 0.5) is 0 Å². The first-order chi connectivity index (χ1) is 4.42. The molecule has 0 aromatic heterocycles. The largest absolute Gasteiger partial charge is 0.480 e. The molecule has 0 bridgehead atoms. The molecule has 1 N–H and O–H groups in total. The fourth-order valence-corrected chi connectivity index (χ4v) is 1.04. The zero-order valence-electron chi connectivity index (χ0n) is 5.90. The lowest BCUT2D eigenvalue weighted by Gasteiger charge is -2.21. The van der Waals surface area contributed by atoms with E-state index in [1.165, 1.54) is 0 Å². The summed E-state index contributed by atoms with van der Waals surface area (Å²) in [5.41, 5.74) is 0. The number of carboxylic acid groups (broad SMARTS) is 1. The normalized spacial score (nSPS) is 19.6. The van der Waals surface area contributed by atoms with Crippen LogP contribution in [0.2, 0.25) is 0 Å². The first-order valence-electron chi connectivity index (χ1n) is 2.99. The Morgan fingerprint density at radius 3 is 2.30 bits per heavy atom. The first-order valence-corrected chi connectivity index (χ1v) is 4.70. The van der Waals surface area contributed by atoms with Gasteiger partial charge in [-0.2, -0.15) is 0 Å². The molecule has 0 aliphatic heterocycles. The van der Waals surface area contributed by atoms with Crippen LogP contribution in [0.5, 0.6) is 0 Å². The van der Waals surface area contributed by atoms with Crippen LogP contribution in [-0.4, -0.2) is 20.2 Å². The quantitative estimate of drug-likeness (QED) is 0.802. The van der Waals surface area contributed by atoms with Crippen molar-refractivity contribution in [1.82, 2.24) is 0 Å². The van der Waals surface area contributed by atoms with E-state index in [0.717, 1.165) is 6.42 Å². The third-order valence-electron chi connectivity index (χ3n) is 1.36. The molecule has 0 fully saturated rings. The van der Waals surface area contributed by atoms with Crippen LogP contribution in [0.3, 0.4) is 0 Å². The van der Waals surface area contributed by atoms with Gasteiger partial charge in [-0.25, -0.2) is 0 Å². The van der Waals surface area contributed by atoms with Gasteiger partial charge in [0.05, 0.1) is 0 Å². The van der Waals surface area contributed by atoms with E-state index in [1.807, 2.05) is 6.92 Å². The Hall–Kier alpha value is 0.430. The van der Waals surface area contributed by atoms with E-state index in [2.05, 4.69) is 31.9 Å². The third-order valence-corrected chi connectivity index (χ3v) is 4.43. The van der Waals surface area contributed by atoms with Crippen LogP contribution in [0.25, 0.3) is 0 Å². The fourth-order valence-electron chi connectivity index (χ4n) is 0.517. The van der Waals surface area contributed by atoms with Gasteiger partial charge in [-0.15, -0.1) is 0 Å². The molecule has 4 heteroatoms. The zero-order chi connectivity index (χ0) is 8.36. The third kappa shape index (κ3) is 2.23. The maximum atomic E-state index is 10.5. The Bertz CT molecular complexity index is 134. The summed E-state index contributed by atoms with van der Waals surface area (Å²) in [4.78, 5) is 10.5. The average molecular weight is 274 g/mol. The standard InChI is InChI=1S/C6H10Br2O2/c1-3-4(7)6(2,8)5(9)10/h4H,3H2,1-2H3,(H,9,10)/t4-,6+/m1/s1. The molecule has 0 heterocycles. The lowest BCUT2D eigenvalue weighted by molar-refractivity contribution is -0.139. The second-order valence-electron chi connectivity index (χ2n) is 2.26. The van der Waals surface area contributed by atoms with Gasteiger partial charge in [0.1, 0.15) is 4.32 Å². The molecule has 0 saturated heterocycles. The van der Waals surface area contributed by atoms with E-state index < -0.39 is 10.3 Å². The monoisotopic (exact) mass is 272 g/mol. The van der Waals surface area contributed by atoms with E-state index in [-0.39, 0.29) is 4.83 Å². The van der Waals surface area contributed by atoms with Gasteiger partial charge in [-0.1, -0.05) is 38.8 Å². The highest BCUT2D eigenvalue weighted by molar-refractivity contribution is 9.12. The van der Waals surface area contributed by atoms with Crippen molar-refractivity contribution < 1.29 is 9.90 Å². The molecule has 60 valence electrons. The molecule has 0 spiro atoms. The topological polar surface area (TPSA) is 37.3 Å². The summed E-state index contributed by atoms with van der Waals surface area (Å²) >= 11 is 6.40. The minimum Gasteiger partial charge on any atom is -0.480 e. The number of alkyl halides is 2. The second kappa shape index (κ2) is 3.72. The van der Waals surface area contributed by atoms with Gasteiger partial charge in [0.15, 0.2) is 0 Å². The average Bonchev–Trinajstić information content (AvgIpc) is 1.86. The van der Waals surface area contributed by atoms with Crippen LogP contribution >= 0.6 is 31.9 Å². The van der Waals surface area contributed by atoms with E-state index in [9.17, 15) is 4.79 Å². The smallest absolute Gasteiger partial charge is 0.321 e. The van der Waals surface area contributed by atoms with E-state index in [1.54, 1.807) is 6.92 Å². The van der Waals surface area contributed by atoms with Crippen molar-refractivity contribution in [3.63, 3.8) is 0 Å². The summed E-state index contributed by atoms with van der Waals surface area (Å²) in [6.07, 6.45) is 0.786. The number of carboxylic acids is 1. The Balaban J connectivity index is 4.23. The Labute approximate surface area is 77.3 Å². The molecule has 0 aromatic carbocycles. The maximum absolute atomic E-state index is 10.5. The van der Waals surface area contributed by atoms with Crippen LogP contribution < -0.4 is 0 Å². The van der Waals surface area contributed by atoms with Gasteiger partial charge in [0, 0.05) is 4.83 Å². The highest BCUT2D eigenvalue weighted by Crippen LogP contribution is 2.29. The summed E-state index contributed by atoms with van der Waals surface area (Å²) in [7, 11) is 0. The van der Waals surface area contributed by atoms with Crippen molar-refractivity contribution >= 4 is 37.8 Å². The van der Waals surface area contributed by atoms with Gasteiger partial charge in [-0.3, -0.25) is 4.79 Å². The minimum atomic E-state index is -0.845. The summed E-state index contributed by atoms with van der Waals surface area (Å²) in [6.45, 7) is 3.57. The van der Waals surface area contributed by atoms with Gasteiger partial charge in [-0.05, 0) is 13.3 Å². The second-order valence-corrected chi connectivity index (χ2v) is 5.01. The van der Waals surface area contributed by atoms with Gasteiger partial charge >= 0.3 is 5.97 Å². The molecule has 0 unspecified atom stereocenters. The number of halogens is 2. The zero-order valence-corrected chi connectivity index (χ0v) is 9.07. The van der Waals surface area contributed by atoms with Crippen molar-refractivity contribution in [1.29, 1.82) is 0 Å². The molecule has 0 radical (unpaired) electrons. The molecule has 0 aromatic rings. The first kappa shape index (κ1) is 10.4. The Kier molecular flexibility index (Phi) is 3.88. The summed E-state index contributed by atoms with van der Waals surface area (Å²) < 4.78 is -0.845. The minimum absolute atomic E-state index is 0.0301. The van der Waals surface area contributed by atoms with Crippen molar-refractivity contribution in [2.24, 2.45) is 0 Å². The predicted molar refractivity (Wildman–Crippen MR) is 48.0 cm³/mol.